The predicted octanol–water partition coefficient (Wildman–Crippen LogP) is 9.57. The zero-order valence-electron chi connectivity index (χ0n) is 22.9. The topological polar surface area (TPSA) is 44.2 Å². The number of hydrogen-bond donors (Lipinski definition) is 0. The van der Waals surface area contributed by atoms with Crippen LogP contribution in [0.3, 0.4) is 0 Å². The van der Waals surface area contributed by atoms with E-state index in [0.717, 1.165) is 54.9 Å². The Kier molecular flexibility index (Phi) is 14.4. The fourth-order valence-corrected chi connectivity index (χ4v) is 4.68. The highest BCUT2D eigenvalue weighted by molar-refractivity contribution is 5.56. The summed E-state index contributed by atoms with van der Waals surface area (Å²) in [7, 11) is 0. The van der Waals surface area contributed by atoms with Crippen LogP contribution < -0.4 is 9.47 Å². The molecule has 0 N–H and O–H groups in total. The third kappa shape index (κ3) is 12.7. The minimum atomic E-state index is 0.721. The standard InChI is InChI=1S/C32H50N2O2/c1-2-3-4-5-6-7-9-12-15-24-35-30-22-20-29(21-23-30)32-33-26-31(27-34-32)36-25-16-13-10-8-11-14-17-28-18-19-28/h20-23,26-28H,2-19,24-25H2,1H3. The molecule has 3 rings (SSSR count). The van der Waals surface area contributed by atoms with Crippen molar-refractivity contribution < 1.29 is 9.47 Å². The first-order chi connectivity index (χ1) is 17.8. The Labute approximate surface area is 220 Å². The Morgan fingerprint density at radius 3 is 1.67 bits per heavy atom. The van der Waals surface area contributed by atoms with Gasteiger partial charge in [0, 0.05) is 5.56 Å². The molecule has 200 valence electrons. The van der Waals surface area contributed by atoms with Crippen LogP contribution in [-0.4, -0.2) is 23.2 Å². The first-order valence-electron chi connectivity index (χ1n) is 15.0. The lowest BCUT2D eigenvalue weighted by atomic mass is 10.1. The summed E-state index contributed by atoms with van der Waals surface area (Å²) in [4.78, 5) is 8.99. The molecule has 1 aliphatic carbocycles. The molecule has 0 saturated heterocycles. The van der Waals surface area contributed by atoms with Gasteiger partial charge in [-0.25, -0.2) is 9.97 Å². The van der Waals surface area contributed by atoms with E-state index in [0.29, 0.717) is 0 Å². The summed E-state index contributed by atoms with van der Waals surface area (Å²) in [5.74, 6) is 3.48. The average Bonchev–Trinajstić information content (AvgIpc) is 3.74. The molecule has 1 fully saturated rings. The van der Waals surface area contributed by atoms with Crippen LogP contribution in [0, 0.1) is 5.92 Å². The van der Waals surface area contributed by atoms with E-state index < -0.39 is 0 Å². The van der Waals surface area contributed by atoms with Gasteiger partial charge in [-0.05, 0) is 43.0 Å². The van der Waals surface area contributed by atoms with E-state index in [1.165, 1.54) is 103 Å². The van der Waals surface area contributed by atoms with Gasteiger partial charge in [0.15, 0.2) is 11.6 Å². The van der Waals surface area contributed by atoms with Crippen molar-refractivity contribution in [3.05, 3.63) is 36.7 Å². The average molecular weight is 495 g/mol. The van der Waals surface area contributed by atoms with Crippen LogP contribution in [0.2, 0.25) is 0 Å². The van der Waals surface area contributed by atoms with E-state index in [1.54, 1.807) is 12.4 Å². The zero-order valence-corrected chi connectivity index (χ0v) is 22.9. The molecule has 0 amide bonds. The summed E-state index contributed by atoms with van der Waals surface area (Å²) in [6.45, 7) is 3.81. The maximum atomic E-state index is 5.92. The largest absolute Gasteiger partial charge is 0.494 e. The number of nitrogens with zero attached hydrogens (tertiary/aromatic N) is 2. The number of aromatic nitrogens is 2. The summed E-state index contributed by atoms with van der Waals surface area (Å²) in [6.07, 6.45) is 27.9. The number of unbranched alkanes of at least 4 members (excludes halogenated alkanes) is 13. The van der Waals surface area contributed by atoms with Crippen LogP contribution in [-0.2, 0) is 0 Å². The molecule has 0 unspecified atom stereocenters. The van der Waals surface area contributed by atoms with Gasteiger partial charge in [-0.3, -0.25) is 0 Å². The first kappa shape index (κ1) is 28.5. The minimum Gasteiger partial charge on any atom is -0.494 e. The number of hydrogen-bond acceptors (Lipinski definition) is 4. The van der Waals surface area contributed by atoms with Crippen LogP contribution in [0.15, 0.2) is 36.7 Å². The van der Waals surface area contributed by atoms with Gasteiger partial charge in [0.05, 0.1) is 25.6 Å². The highest BCUT2D eigenvalue weighted by Gasteiger charge is 2.19. The van der Waals surface area contributed by atoms with Crippen molar-refractivity contribution in [3.63, 3.8) is 0 Å². The van der Waals surface area contributed by atoms with E-state index in [4.69, 9.17) is 9.47 Å². The lowest BCUT2D eigenvalue weighted by Gasteiger charge is -2.08. The molecule has 36 heavy (non-hydrogen) atoms. The van der Waals surface area contributed by atoms with Gasteiger partial charge in [-0.2, -0.15) is 0 Å². The van der Waals surface area contributed by atoms with Gasteiger partial charge in [-0.15, -0.1) is 0 Å². The molecular weight excluding hydrogens is 444 g/mol. The number of ether oxygens (including phenoxy) is 2. The minimum absolute atomic E-state index is 0.721. The highest BCUT2D eigenvalue weighted by Crippen LogP contribution is 2.34. The van der Waals surface area contributed by atoms with Crippen molar-refractivity contribution in [2.45, 2.75) is 122 Å². The summed E-state index contributed by atoms with van der Waals surface area (Å²) in [6, 6.07) is 8.10. The molecule has 4 heteroatoms. The summed E-state index contributed by atoms with van der Waals surface area (Å²) < 4.78 is 11.8. The second-order valence-corrected chi connectivity index (χ2v) is 10.6. The van der Waals surface area contributed by atoms with Crippen molar-refractivity contribution in [2.75, 3.05) is 13.2 Å². The molecule has 2 aromatic rings. The molecule has 4 nitrogen and oxygen atoms in total. The maximum Gasteiger partial charge on any atom is 0.159 e. The van der Waals surface area contributed by atoms with Crippen LogP contribution in [0.1, 0.15) is 122 Å². The number of benzene rings is 1. The Morgan fingerprint density at radius 2 is 1.11 bits per heavy atom. The Balaban J connectivity index is 1.21. The van der Waals surface area contributed by atoms with Gasteiger partial charge in [-0.1, -0.05) is 110 Å². The van der Waals surface area contributed by atoms with Crippen molar-refractivity contribution in [1.29, 1.82) is 0 Å². The second kappa shape index (κ2) is 18.2. The van der Waals surface area contributed by atoms with Crippen molar-refractivity contribution in [1.82, 2.24) is 9.97 Å². The van der Waals surface area contributed by atoms with Crippen molar-refractivity contribution >= 4 is 0 Å². The summed E-state index contributed by atoms with van der Waals surface area (Å²) in [5, 5.41) is 0. The van der Waals surface area contributed by atoms with E-state index in [9.17, 15) is 0 Å². The molecule has 0 spiro atoms. The summed E-state index contributed by atoms with van der Waals surface area (Å²) >= 11 is 0. The van der Waals surface area contributed by atoms with Crippen LogP contribution >= 0.6 is 0 Å². The quantitative estimate of drug-likeness (QED) is 0.153. The lowest BCUT2D eigenvalue weighted by molar-refractivity contribution is 0.302. The van der Waals surface area contributed by atoms with E-state index in [2.05, 4.69) is 16.9 Å². The molecule has 0 atom stereocenters. The lowest BCUT2D eigenvalue weighted by Crippen LogP contribution is -1.99. The van der Waals surface area contributed by atoms with Gasteiger partial charge in [0.1, 0.15) is 5.75 Å². The van der Waals surface area contributed by atoms with Gasteiger partial charge < -0.3 is 9.47 Å². The first-order valence-corrected chi connectivity index (χ1v) is 15.0. The SMILES string of the molecule is CCCCCCCCCCCOc1ccc(-c2ncc(OCCCCCCCCC3CC3)cn2)cc1. The third-order valence-corrected chi connectivity index (χ3v) is 7.23. The van der Waals surface area contributed by atoms with E-state index >= 15 is 0 Å². The second-order valence-electron chi connectivity index (χ2n) is 10.6. The fraction of sp³-hybridized carbons (Fsp3) is 0.688. The Hall–Kier alpha value is -2.10. The van der Waals surface area contributed by atoms with E-state index in [-0.39, 0.29) is 0 Å². The molecule has 1 aliphatic rings. The fourth-order valence-electron chi connectivity index (χ4n) is 4.68. The molecule has 1 aromatic carbocycles. The predicted molar refractivity (Wildman–Crippen MR) is 151 cm³/mol. The molecule has 1 saturated carbocycles. The maximum absolute atomic E-state index is 5.92. The smallest absolute Gasteiger partial charge is 0.159 e. The number of rotatable bonds is 22. The summed E-state index contributed by atoms with van der Waals surface area (Å²) in [5.41, 5.74) is 0.999. The van der Waals surface area contributed by atoms with Crippen LogP contribution in [0.25, 0.3) is 11.4 Å². The molecule has 1 aromatic heterocycles. The monoisotopic (exact) mass is 494 g/mol. The molecule has 0 radical (unpaired) electrons. The Bertz CT molecular complexity index is 787. The Morgan fingerprint density at radius 1 is 0.611 bits per heavy atom. The van der Waals surface area contributed by atoms with Crippen molar-refractivity contribution in [2.24, 2.45) is 5.92 Å². The zero-order chi connectivity index (χ0) is 25.1. The molecular formula is C32H50N2O2. The molecule has 0 bridgehead atoms. The van der Waals surface area contributed by atoms with Gasteiger partial charge >= 0.3 is 0 Å². The third-order valence-electron chi connectivity index (χ3n) is 7.23. The van der Waals surface area contributed by atoms with Crippen molar-refractivity contribution in [3.8, 4) is 22.9 Å². The normalized spacial score (nSPS) is 13.1. The van der Waals surface area contributed by atoms with Gasteiger partial charge in [0.2, 0.25) is 0 Å². The van der Waals surface area contributed by atoms with Gasteiger partial charge in [0.25, 0.3) is 0 Å². The van der Waals surface area contributed by atoms with Crippen LogP contribution in [0.4, 0.5) is 0 Å². The van der Waals surface area contributed by atoms with E-state index in [1.807, 2.05) is 24.3 Å². The highest BCUT2D eigenvalue weighted by atomic mass is 16.5. The van der Waals surface area contributed by atoms with Crippen LogP contribution in [0.5, 0.6) is 11.5 Å². The molecule has 0 aliphatic heterocycles. The molecule has 1 heterocycles.